The van der Waals surface area contributed by atoms with Gasteiger partial charge in [-0.2, -0.15) is 0 Å². The average molecular weight is 359 g/mol. The number of halogens is 1. The lowest BCUT2D eigenvalue weighted by molar-refractivity contribution is -0.141. The first-order chi connectivity index (χ1) is 8.50. The van der Waals surface area contributed by atoms with Crippen LogP contribution in [0.3, 0.4) is 0 Å². The highest BCUT2D eigenvalue weighted by atomic mass is 127. The lowest BCUT2D eigenvalue weighted by Gasteiger charge is -2.21. The van der Waals surface area contributed by atoms with Crippen LogP contribution in [0.5, 0.6) is 0 Å². The molecule has 1 atom stereocenters. The zero-order valence-corrected chi connectivity index (χ0v) is 12.2. The molecule has 0 unspecified atom stereocenters. The van der Waals surface area contributed by atoms with Gasteiger partial charge in [-0.05, 0) is 60.1 Å². The number of carboxylic acids is 1. The first-order valence-electron chi connectivity index (χ1n) is 5.80. The van der Waals surface area contributed by atoms with Crippen molar-refractivity contribution in [2.45, 2.75) is 25.8 Å². The average Bonchev–Trinajstić information content (AvgIpc) is 2.81. The number of carboxylic acid groups (broad SMARTS) is 1. The third-order valence-electron chi connectivity index (χ3n) is 3.22. The maximum atomic E-state index is 12.3. The molecular weight excluding hydrogens is 345 g/mol. The van der Waals surface area contributed by atoms with Crippen molar-refractivity contribution >= 4 is 34.5 Å². The largest absolute Gasteiger partial charge is 0.480 e. The molecule has 1 N–H and O–H groups in total. The Bertz CT molecular complexity index is 501. The van der Waals surface area contributed by atoms with E-state index in [1.807, 2.05) is 19.1 Å². The number of hydrogen-bond donors (Lipinski definition) is 1. The van der Waals surface area contributed by atoms with Gasteiger partial charge in [0.05, 0.1) is 0 Å². The fourth-order valence-electron chi connectivity index (χ4n) is 2.16. The highest BCUT2D eigenvalue weighted by Crippen LogP contribution is 2.22. The number of carbonyl (C=O) groups excluding carboxylic acids is 1. The summed E-state index contributed by atoms with van der Waals surface area (Å²) in [6, 6.07) is 4.80. The number of hydrogen-bond acceptors (Lipinski definition) is 2. The molecule has 0 aliphatic carbocycles. The van der Waals surface area contributed by atoms with Crippen LogP contribution in [0.25, 0.3) is 0 Å². The number of amides is 1. The molecule has 1 aromatic rings. The standard InChI is InChI=1S/C13H14INO3/c1-8-4-5-9(7-10(8)14)12(16)15-6-2-3-11(15)13(17)18/h4-5,7,11H,2-3,6H2,1H3,(H,17,18)/t11-/m0/s1. The molecule has 0 spiro atoms. The molecule has 1 saturated heterocycles. The molecule has 1 amide bonds. The number of benzene rings is 1. The molecule has 1 heterocycles. The van der Waals surface area contributed by atoms with E-state index in [1.54, 1.807) is 6.07 Å². The number of rotatable bonds is 2. The predicted molar refractivity (Wildman–Crippen MR) is 75.6 cm³/mol. The van der Waals surface area contributed by atoms with Crippen LogP contribution in [0.15, 0.2) is 18.2 Å². The third kappa shape index (κ3) is 2.50. The van der Waals surface area contributed by atoms with Gasteiger partial charge in [-0.15, -0.1) is 0 Å². The molecule has 18 heavy (non-hydrogen) atoms. The maximum Gasteiger partial charge on any atom is 0.326 e. The summed E-state index contributed by atoms with van der Waals surface area (Å²) in [6.45, 7) is 2.51. The Morgan fingerprint density at radius 1 is 1.44 bits per heavy atom. The Morgan fingerprint density at radius 3 is 2.78 bits per heavy atom. The Labute approximate surface area is 119 Å². The summed E-state index contributed by atoms with van der Waals surface area (Å²) >= 11 is 2.18. The zero-order valence-electron chi connectivity index (χ0n) is 10.0. The van der Waals surface area contributed by atoms with Crippen LogP contribution in [0.4, 0.5) is 0 Å². The van der Waals surface area contributed by atoms with Crippen molar-refractivity contribution in [1.29, 1.82) is 0 Å². The van der Waals surface area contributed by atoms with Crippen molar-refractivity contribution in [3.63, 3.8) is 0 Å². The Balaban J connectivity index is 2.25. The van der Waals surface area contributed by atoms with Gasteiger partial charge in [0.2, 0.25) is 0 Å². The van der Waals surface area contributed by atoms with Crippen LogP contribution in [-0.4, -0.2) is 34.5 Å². The Kier molecular flexibility index (Phi) is 3.89. The summed E-state index contributed by atoms with van der Waals surface area (Å²) in [7, 11) is 0. The second-order valence-electron chi connectivity index (χ2n) is 4.46. The van der Waals surface area contributed by atoms with Crippen molar-refractivity contribution in [1.82, 2.24) is 4.90 Å². The number of aryl methyl sites for hydroxylation is 1. The molecule has 1 aliphatic heterocycles. The molecule has 96 valence electrons. The zero-order chi connectivity index (χ0) is 13.3. The van der Waals surface area contributed by atoms with Gasteiger partial charge >= 0.3 is 5.97 Å². The van der Waals surface area contributed by atoms with E-state index in [-0.39, 0.29) is 5.91 Å². The van der Waals surface area contributed by atoms with Gasteiger partial charge in [-0.1, -0.05) is 6.07 Å². The van der Waals surface area contributed by atoms with Crippen LogP contribution in [0.1, 0.15) is 28.8 Å². The minimum Gasteiger partial charge on any atom is -0.480 e. The van der Waals surface area contributed by atoms with Gasteiger partial charge in [0.25, 0.3) is 5.91 Å². The number of aliphatic carboxylic acids is 1. The maximum absolute atomic E-state index is 12.3. The molecule has 0 bridgehead atoms. The monoisotopic (exact) mass is 359 g/mol. The number of carbonyl (C=O) groups is 2. The lowest BCUT2D eigenvalue weighted by atomic mass is 10.1. The van der Waals surface area contributed by atoms with Crippen molar-refractivity contribution in [3.05, 3.63) is 32.9 Å². The van der Waals surface area contributed by atoms with Gasteiger partial charge in [0.1, 0.15) is 6.04 Å². The van der Waals surface area contributed by atoms with E-state index < -0.39 is 12.0 Å². The smallest absolute Gasteiger partial charge is 0.326 e. The van der Waals surface area contributed by atoms with Gasteiger partial charge < -0.3 is 10.0 Å². The molecule has 1 aromatic carbocycles. The second-order valence-corrected chi connectivity index (χ2v) is 5.62. The molecule has 1 aliphatic rings. The quantitative estimate of drug-likeness (QED) is 0.825. The summed E-state index contributed by atoms with van der Waals surface area (Å²) in [5, 5.41) is 9.08. The van der Waals surface area contributed by atoms with E-state index in [2.05, 4.69) is 22.6 Å². The molecule has 5 heteroatoms. The first-order valence-corrected chi connectivity index (χ1v) is 6.88. The highest BCUT2D eigenvalue weighted by Gasteiger charge is 2.34. The van der Waals surface area contributed by atoms with Crippen molar-refractivity contribution < 1.29 is 14.7 Å². The first kappa shape index (κ1) is 13.3. The molecule has 1 fully saturated rings. The molecule has 0 saturated carbocycles. The van der Waals surface area contributed by atoms with Crippen molar-refractivity contribution in [3.8, 4) is 0 Å². The predicted octanol–water partition coefficient (Wildman–Crippen LogP) is 2.29. The van der Waals surface area contributed by atoms with Crippen LogP contribution in [0, 0.1) is 10.5 Å². The van der Waals surface area contributed by atoms with Crippen molar-refractivity contribution in [2.75, 3.05) is 6.54 Å². The van der Waals surface area contributed by atoms with Gasteiger partial charge in [-0.25, -0.2) is 4.79 Å². The minimum absolute atomic E-state index is 0.183. The Hall–Kier alpha value is -1.11. The topological polar surface area (TPSA) is 57.6 Å². The van der Waals surface area contributed by atoms with E-state index >= 15 is 0 Å². The molecule has 2 rings (SSSR count). The van der Waals surface area contributed by atoms with Crippen LogP contribution in [0.2, 0.25) is 0 Å². The molecule has 4 nitrogen and oxygen atoms in total. The van der Waals surface area contributed by atoms with Gasteiger partial charge in [0, 0.05) is 15.7 Å². The summed E-state index contributed by atoms with van der Waals surface area (Å²) in [6.07, 6.45) is 1.30. The molecule has 0 aromatic heterocycles. The van der Waals surface area contributed by atoms with E-state index in [9.17, 15) is 9.59 Å². The minimum atomic E-state index is -0.914. The fraction of sp³-hybridized carbons (Fsp3) is 0.385. The van der Waals surface area contributed by atoms with Crippen LogP contribution >= 0.6 is 22.6 Å². The van der Waals surface area contributed by atoms with Crippen molar-refractivity contribution in [2.24, 2.45) is 0 Å². The fourth-order valence-corrected chi connectivity index (χ4v) is 2.67. The van der Waals surface area contributed by atoms with E-state index in [0.717, 1.165) is 15.6 Å². The Morgan fingerprint density at radius 2 is 2.17 bits per heavy atom. The SMILES string of the molecule is Cc1ccc(C(=O)N2CCC[C@H]2C(=O)O)cc1I. The second kappa shape index (κ2) is 5.26. The normalized spacial score (nSPS) is 19.0. The summed E-state index contributed by atoms with van der Waals surface area (Å²) < 4.78 is 1.02. The summed E-state index contributed by atoms with van der Waals surface area (Å²) in [5.74, 6) is -1.10. The number of likely N-dealkylation sites (tertiary alicyclic amines) is 1. The highest BCUT2D eigenvalue weighted by molar-refractivity contribution is 14.1. The van der Waals surface area contributed by atoms with Crippen LogP contribution < -0.4 is 0 Å². The van der Waals surface area contributed by atoms with E-state index in [1.165, 1.54) is 4.90 Å². The number of nitrogens with zero attached hydrogens (tertiary/aromatic N) is 1. The van der Waals surface area contributed by atoms with Gasteiger partial charge in [-0.3, -0.25) is 4.79 Å². The lowest BCUT2D eigenvalue weighted by Crippen LogP contribution is -2.40. The molecular formula is C13H14INO3. The van der Waals surface area contributed by atoms with E-state index in [0.29, 0.717) is 18.5 Å². The molecule has 0 radical (unpaired) electrons. The summed E-state index contributed by atoms with van der Waals surface area (Å²) in [4.78, 5) is 24.8. The van der Waals surface area contributed by atoms with Gasteiger partial charge in [0.15, 0.2) is 0 Å². The summed E-state index contributed by atoms with van der Waals surface area (Å²) in [5.41, 5.74) is 1.68. The third-order valence-corrected chi connectivity index (χ3v) is 4.38. The van der Waals surface area contributed by atoms with Crippen LogP contribution in [-0.2, 0) is 4.79 Å². The van der Waals surface area contributed by atoms with E-state index in [4.69, 9.17) is 5.11 Å².